The average molecular weight is 280 g/mol. The molecule has 0 fully saturated rings. The highest BCUT2D eigenvalue weighted by Gasteiger charge is 2.21. The molecular formula is C13H14ClN3S. The van der Waals surface area contributed by atoms with Crippen LogP contribution in [-0.4, -0.2) is 17.0 Å². The van der Waals surface area contributed by atoms with Crippen LogP contribution in [0.15, 0.2) is 23.2 Å². The maximum Gasteiger partial charge on any atom is 0.161 e. The van der Waals surface area contributed by atoms with Gasteiger partial charge in [0, 0.05) is 5.75 Å². The molecule has 1 unspecified atom stereocenters. The van der Waals surface area contributed by atoms with Gasteiger partial charge in [0.2, 0.25) is 0 Å². The second-order valence-electron chi connectivity index (χ2n) is 4.49. The Balaban J connectivity index is 2.11. The van der Waals surface area contributed by atoms with Crippen LogP contribution in [0.3, 0.4) is 0 Å². The van der Waals surface area contributed by atoms with Gasteiger partial charge in [-0.25, -0.2) is 0 Å². The Morgan fingerprint density at radius 2 is 2.33 bits per heavy atom. The van der Waals surface area contributed by atoms with Crippen molar-refractivity contribution in [3.8, 4) is 6.07 Å². The SMILES string of the molecule is CC(C)C1CSC(Nc2ccc(C#N)cc2Cl)=N1. The number of benzene rings is 1. The number of thioether (sulfide) groups is 1. The maximum atomic E-state index is 8.78. The standard InChI is InChI=1S/C13H14ClN3S/c1-8(2)12-7-18-13(17-12)16-11-4-3-9(6-15)5-10(11)14/h3-5,8,12H,7H2,1-2H3,(H,16,17). The third-order valence-corrected chi connectivity index (χ3v) is 4.09. The Hall–Kier alpha value is -1.18. The number of halogens is 1. The first-order valence-corrected chi connectivity index (χ1v) is 7.14. The van der Waals surface area contributed by atoms with Gasteiger partial charge >= 0.3 is 0 Å². The molecule has 0 aliphatic carbocycles. The summed E-state index contributed by atoms with van der Waals surface area (Å²) in [7, 11) is 0. The fourth-order valence-corrected chi connectivity index (χ4v) is 3.01. The molecule has 5 heteroatoms. The molecule has 0 spiro atoms. The Morgan fingerprint density at radius 1 is 1.56 bits per heavy atom. The zero-order valence-corrected chi connectivity index (χ0v) is 11.8. The topological polar surface area (TPSA) is 48.2 Å². The number of rotatable bonds is 2. The highest BCUT2D eigenvalue weighted by Crippen LogP contribution is 2.28. The quantitative estimate of drug-likeness (QED) is 0.897. The number of nitrogens with one attached hydrogen (secondary N) is 1. The predicted molar refractivity (Wildman–Crippen MR) is 78.3 cm³/mol. The first-order chi connectivity index (χ1) is 8.60. The van der Waals surface area contributed by atoms with Crippen molar-refractivity contribution < 1.29 is 0 Å². The lowest BCUT2D eigenvalue weighted by molar-refractivity contribution is 0.543. The molecule has 1 N–H and O–H groups in total. The molecule has 1 aromatic rings. The molecule has 2 rings (SSSR count). The fourth-order valence-electron chi connectivity index (χ4n) is 1.60. The molecule has 1 aliphatic heterocycles. The zero-order chi connectivity index (χ0) is 13.1. The van der Waals surface area contributed by atoms with Gasteiger partial charge in [-0.15, -0.1) is 0 Å². The first-order valence-electron chi connectivity index (χ1n) is 5.77. The lowest BCUT2D eigenvalue weighted by Gasteiger charge is -2.08. The van der Waals surface area contributed by atoms with E-state index in [-0.39, 0.29) is 0 Å². The van der Waals surface area contributed by atoms with Crippen molar-refractivity contribution in [2.24, 2.45) is 10.9 Å². The van der Waals surface area contributed by atoms with Crippen LogP contribution in [0.5, 0.6) is 0 Å². The van der Waals surface area contributed by atoms with Crippen molar-refractivity contribution >= 4 is 34.2 Å². The largest absolute Gasteiger partial charge is 0.334 e. The van der Waals surface area contributed by atoms with E-state index in [4.69, 9.17) is 16.9 Å². The van der Waals surface area contributed by atoms with E-state index in [2.05, 4.69) is 30.2 Å². The maximum absolute atomic E-state index is 8.78. The van der Waals surface area contributed by atoms with Crippen molar-refractivity contribution in [3.05, 3.63) is 28.8 Å². The van der Waals surface area contributed by atoms with Crippen LogP contribution in [0.1, 0.15) is 19.4 Å². The van der Waals surface area contributed by atoms with Gasteiger partial charge in [0.1, 0.15) is 0 Å². The molecule has 1 atom stereocenters. The van der Waals surface area contributed by atoms with E-state index in [0.717, 1.165) is 16.6 Å². The van der Waals surface area contributed by atoms with Gasteiger partial charge in [0.25, 0.3) is 0 Å². The van der Waals surface area contributed by atoms with Crippen molar-refractivity contribution in [1.29, 1.82) is 5.26 Å². The summed E-state index contributed by atoms with van der Waals surface area (Å²) >= 11 is 7.82. The Morgan fingerprint density at radius 3 is 2.89 bits per heavy atom. The monoisotopic (exact) mass is 279 g/mol. The van der Waals surface area contributed by atoms with E-state index in [0.29, 0.717) is 22.5 Å². The normalized spacial score (nSPS) is 18.6. The number of amidine groups is 1. The minimum absolute atomic E-state index is 0.370. The zero-order valence-electron chi connectivity index (χ0n) is 10.3. The van der Waals surface area contributed by atoms with Gasteiger partial charge in [-0.05, 0) is 24.1 Å². The number of aliphatic imine (C=N–C) groups is 1. The summed E-state index contributed by atoms with van der Waals surface area (Å²) in [6.45, 7) is 4.35. The van der Waals surface area contributed by atoms with Crippen LogP contribution >= 0.6 is 23.4 Å². The van der Waals surface area contributed by atoms with E-state index in [1.165, 1.54) is 0 Å². The van der Waals surface area contributed by atoms with Gasteiger partial charge in [0.05, 0.1) is 28.4 Å². The molecule has 94 valence electrons. The van der Waals surface area contributed by atoms with Crippen molar-refractivity contribution in [2.45, 2.75) is 19.9 Å². The Kier molecular flexibility index (Phi) is 4.15. The van der Waals surface area contributed by atoms with E-state index < -0.39 is 0 Å². The van der Waals surface area contributed by atoms with Crippen molar-refractivity contribution in [1.82, 2.24) is 0 Å². The minimum Gasteiger partial charge on any atom is -0.334 e. The van der Waals surface area contributed by atoms with E-state index in [1.807, 2.05) is 6.07 Å². The van der Waals surface area contributed by atoms with E-state index >= 15 is 0 Å². The lowest BCUT2D eigenvalue weighted by atomic mass is 10.1. The van der Waals surface area contributed by atoms with Crippen LogP contribution in [0.4, 0.5) is 5.69 Å². The van der Waals surface area contributed by atoms with Crippen molar-refractivity contribution in [2.75, 3.05) is 11.1 Å². The molecule has 0 bridgehead atoms. The molecule has 0 amide bonds. The van der Waals surface area contributed by atoms with Gasteiger partial charge in [-0.2, -0.15) is 5.26 Å². The summed E-state index contributed by atoms with van der Waals surface area (Å²) in [5.41, 5.74) is 1.36. The molecular weight excluding hydrogens is 266 g/mol. The molecule has 18 heavy (non-hydrogen) atoms. The Labute approximate surface area is 116 Å². The van der Waals surface area contributed by atoms with E-state index in [1.54, 1.807) is 23.9 Å². The van der Waals surface area contributed by atoms with Crippen LogP contribution in [-0.2, 0) is 0 Å². The van der Waals surface area contributed by atoms with Gasteiger partial charge in [-0.3, -0.25) is 4.99 Å². The molecule has 0 radical (unpaired) electrons. The minimum atomic E-state index is 0.370. The van der Waals surface area contributed by atoms with Gasteiger partial charge in [0.15, 0.2) is 5.17 Å². The number of hydrogen-bond donors (Lipinski definition) is 1. The fraction of sp³-hybridized carbons (Fsp3) is 0.385. The number of hydrogen-bond acceptors (Lipinski definition) is 4. The molecule has 1 aromatic carbocycles. The first kappa shape index (κ1) is 13.3. The van der Waals surface area contributed by atoms with Gasteiger partial charge in [-0.1, -0.05) is 37.2 Å². The second kappa shape index (κ2) is 5.64. The van der Waals surface area contributed by atoms with Crippen LogP contribution in [0.25, 0.3) is 0 Å². The van der Waals surface area contributed by atoms with Gasteiger partial charge < -0.3 is 5.32 Å². The lowest BCUT2D eigenvalue weighted by Crippen LogP contribution is -2.12. The van der Waals surface area contributed by atoms with Crippen LogP contribution in [0, 0.1) is 17.2 Å². The summed E-state index contributed by atoms with van der Waals surface area (Å²) in [4.78, 5) is 4.61. The second-order valence-corrected chi connectivity index (χ2v) is 5.90. The average Bonchev–Trinajstić information content (AvgIpc) is 2.80. The van der Waals surface area contributed by atoms with Crippen LogP contribution in [0.2, 0.25) is 5.02 Å². The molecule has 0 aromatic heterocycles. The third kappa shape index (κ3) is 2.98. The summed E-state index contributed by atoms with van der Waals surface area (Å²) in [6, 6.07) is 7.65. The number of anilines is 1. The summed E-state index contributed by atoms with van der Waals surface area (Å²) in [6.07, 6.45) is 0. The smallest absolute Gasteiger partial charge is 0.161 e. The molecule has 1 heterocycles. The summed E-state index contributed by atoms with van der Waals surface area (Å²) in [5.74, 6) is 1.56. The summed E-state index contributed by atoms with van der Waals surface area (Å²) in [5, 5.41) is 13.4. The molecule has 0 saturated carbocycles. The Bertz CT molecular complexity index is 519. The van der Waals surface area contributed by atoms with Crippen molar-refractivity contribution in [3.63, 3.8) is 0 Å². The number of nitrogens with zero attached hydrogens (tertiary/aromatic N) is 2. The molecule has 0 saturated heterocycles. The summed E-state index contributed by atoms with van der Waals surface area (Å²) < 4.78 is 0. The highest BCUT2D eigenvalue weighted by molar-refractivity contribution is 8.14. The molecule has 3 nitrogen and oxygen atoms in total. The molecule has 1 aliphatic rings. The van der Waals surface area contributed by atoms with Crippen LogP contribution < -0.4 is 5.32 Å². The van der Waals surface area contributed by atoms with E-state index in [9.17, 15) is 0 Å². The third-order valence-electron chi connectivity index (χ3n) is 2.78. The predicted octanol–water partition coefficient (Wildman–Crippen LogP) is 3.75. The highest BCUT2D eigenvalue weighted by atomic mass is 35.5. The number of nitriles is 1.